The number of imidazole rings is 2. The Hall–Kier alpha value is -3.15. The fourth-order valence-corrected chi connectivity index (χ4v) is 3.45. The van der Waals surface area contributed by atoms with Crippen molar-refractivity contribution in [3.63, 3.8) is 0 Å². The molecule has 1 N–H and O–H groups in total. The number of benzene rings is 1. The topological polar surface area (TPSA) is 72.5 Å². The number of nitrogens with one attached hydrogen (secondary N) is 1. The molecule has 0 radical (unpaired) electrons. The van der Waals surface area contributed by atoms with Crippen LogP contribution in [0.4, 0.5) is 0 Å². The van der Waals surface area contributed by atoms with E-state index >= 15 is 0 Å². The van der Waals surface area contributed by atoms with Crippen molar-refractivity contribution in [1.82, 2.24) is 24.7 Å². The third-order valence-corrected chi connectivity index (χ3v) is 5.10. The van der Waals surface area contributed by atoms with Crippen LogP contribution in [0.5, 0.6) is 0 Å². The van der Waals surface area contributed by atoms with Crippen molar-refractivity contribution in [2.24, 2.45) is 0 Å². The van der Waals surface area contributed by atoms with Crippen LogP contribution in [0.1, 0.15) is 49.8 Å². The Morgan fingerprint density at radius 3 is 2.54 bits per heavy atom. The van der Waals surface area contributed by atoms with E-state index in [-0.39, 0.29) is 6.04 Å². The quantitative estimate of drug-likeness (QED) is 0.516. The van der Waals surface area contributed by atoms with Gasteiger partial charge in [-0.1, -0.05) is 49.3 Å². The second-order valence-electron chi connectivity index (χ2n) is 6.98. The Labute approximate surface area is 164 Å². The molecule has 3 aromatic heterocycles. The molecule has 0 aliphatic heterocycles. The van der Waals surface area contributed by atoms with Gasteiger partial charge in [0.05, 0.1) is 29.5 Å². The van der Waals surface area contributed by atoms with Crippen LogP contribution in [-0.4, -0.2) is 24.7 Å². The van der Waals surface area contributed by atoms with Crippen molar-refractivity contribution in [2.45, 2.75) is 46.6 Å². The number of aromatic amines is 1. The summed E-state index contributed by atoms with van der Waals surface area (Å²) in [6.07, 6.45) is 3.57. The molecule has 144 valence electrons. The van der Waals surface area contributed by atoms with Crippen LogP contribution in [0, 0.1) is 6.92 Å². The average molecular weight is 375 g/mol. The summed E-state index contributed by atoms with van der Waals surface area (Å²) >= 11 is 0. The van der Waals surface area contributed by atoms with E-state index in [1.165, 1.54) is 0 Å². The molecule has 0 saturated carbocycles. The molecule has 0 amide bonds. The molecule has 28 heavy (non-hydrogen) atoms. The van der Waals surface area contributed by atoms with Gasteiger partial charge in [0.25, 0.3) is 0 Å². The summed E-state index contributed by atoms with van der Waals surface area (Å²) in [6, 6.07) is 12.2. The smallest absolute Gasteiger partial charge is 0.159 e. The van der Waals surface area contributed by atoms with Gasteiger partial charge >= 0.3 is 0 Å². The average Bonchev–Trinajstić information content (AvgIpc) is 3.45. The van der Waals surface area contributed by atoms with E-state index in [2.05, 4.69) is 54.5 Å². The predicted octanol–water partition coefficient (Wildman–Crippen LogP) is 4.97. The molecule has 6 heteroatoms. The molecule has 0 aliphatic carbocycles. The highest BCUT2D eigenvalue weighted by Gasteiger charge is 2.24. The van der Waals surface area contributed by atoms with Crippen LogP contribution in [0.3, 0.4) is 0 Å². The lowest BCUT2D eigenvalue weighted by Gasteiger charge is -2.14. The highest BCUT2D eigenvalue weighted by atomic mass is 16.5. The second-order valence-corrected chi connectivity index (χ2v) is 6.98. The van der Waals surface area contributed by atoms with Gasteiger partial charge in [-0.25, -0.2) is 9.97 Å². The fourth-order valence-electron chi connectivity index (χ4n) is 3.45. The Morgan fingerprint density at radius 1 is 1.11 bits per heavy atom. The molecule has 0 saturated heterocycles. The van der Waals surface area contributed by atoms with Gasteiger partial charge < -0.3 is 14.1 Å². The maximum absolute atomic E-state index is 5.61. The number of aromatic nitrogens is 5. The van der Waals surface area contributed by atoms with Gasteiger partial charge in [-0.3, -0.25) is 0 Å². The lowest BCUT2D eigenvalue weighted by atomic mass is 10.1. The Kier molecular flexibility index (Phi) is 4.86. The second kappa shape index (κ2) is 7.46. The maximum Gasteiger partial charge on any atom is 0.159 e. The first-order valence-electron chi connectivity index (χ1n) is 9.75. The van der Waals surface area contributed by atoms with Crippen molar-refractivity contribution in [2.75, 3.05) is 0 Å². The highest BCUT2D eigenvalue weighted by Crippen LogP contribution is 2.35. The normalized spacial score (nSPS) is 12.4. The van der Waals surface area contributed by atoms with Crippen LogP contribution in [0.15, 0.2) is 47.2 Å². The molecular formula is C22H25N5O. The molecule has 3 heterocycles. The predicted molar refractivity (Wildman–Crippen MR) is 109 cm³/mol. The van der Waals surface area contributed by atoms with Gasteiger partial charge in [-0.05, 0) is 20.3 Å². The van der Waals surface area contributed by atoms with E-state index in [0.717, 1.165) is 58.5 Å². The van der Waals surface area contributed by atoms with E-state index in [1.807, 2.05) is 30.6 Å². The maximum atomic E-state index is 5.61. The molecule has 0 bridgehead atoms. The largest absolute Gasteiger partial charge is 0.359 e. The summed E-state index contributed by atoms with van der Waals surface area (Å²) < 4.78 is 7.74. The number of rotatable bonds is 6. The lowest BCUT2D eigenvalue weighted by molar-refractivity contribution is 0.349. The van der Waals surface area contributed by atoms with Crippen LogP contribution >= 0.6 is 0 Å². The van der Waals surface area contributed by atoms with E-state index in [1.54, 1.807) is 0 Å². The third-order valence-electron chi connectivity index (χ3n) is 5.10. The Bertz CT molecular complexity index is 1070. The number of H-pyrrole nitrogens is 1. The van der Waals surface area contributed by atoms with Crippen molar-refractivity contribution in [1.29, 1.82) is 0 Å². The summed E-state index contributed by atoms with van der Waals surface area (Å²) in [5.41, 5.74) is 5.89. The van der Waals surface area contributed by atoms with Crippen LogP contribution in [-0.2, 0) is 12.8 Å². The van der Waals surface area contributed by atoms with Crippen LogP contribution < -0.4 is 0 Å². The molecule has 6 nitrogen and oxygen atoms in total. The van der Waals surface area contributed by atoms with Gasteiger partial charge in [-0.2, -0.15) is 0 Å². The summed E-state index contributed by atoms with van der Waals surface area (Å²) in [7, 11) is 0. The lowest BCUT2D eigenvalue weighted by Crippen LogP contribution is -2.07. The van der Waals surface area contributed by atoms with Crippen molar-refractivity contribution >= 4 is 0 Å². The molecule has 0 fully saturated rings. The first-order chi connectivity index (χ1) is 13.6. The van der Waals surface area contributed by atoms with E-state index in [4.69, 9.17) is 14.5 Å². The zero-order valence-electron chi connectivity index (χ0n) is 16.7. The summed E-state index contributed by atoms with van der Waals surface area (Å²) in [5.74, 6) is 1.79. The van der Waals surface area contributed by atoms with Crippen molar-refractivity contribution < 1.29 is 4.52 Å². The van der Waals surface area contributed by atoms with Gasteiger partial charge in [0.15, 0.2) is 5.76 Å². The van der Waals surface area contributed by atoms with E-state index in [9.17, 15) is 0 Å². The minimum atomic E-state index is -0.0473. The van der Waals surface area contributed by atoms with E-state index < -0.39 is 0 Å². The van der Waals surface area contributed by atoms with E-state index in [0.29, 0.717) is 0 Å². The molecule has 1 aromatic carbocycles. The van der Waals surface area contributed by atoms with Crippen molar-refractivity contribution in [3.05, 3.63) is 65.7 Å². The third kappa shape index (κ3) is 3.15. The fraction of sp³-hybridized carbons (Fsp3) is 0.318. The molecule has 1 unspecified atom stereocenters. The first-order valence-corrected chi connectivity index (χ1v) is 9.75. The molecule has 0 aliphatic rings. The highest BCUT2D eigenvalue weighted by molar-refractivity contribution is 5.78. The van der Waals surface area contributed by atoms with Gasteiger partial charge in [-0.15, -0.1) is 0 Å². The van der Waals surface area contributed by atoms with Crippen molar-refractivity contribution in [3.8, 4) is 22.6 Å². The van der Waals surface area contributed by atoms with Gasteiger partial charge in [0, 0.05) is 23.7 Å². The van der Waals surface area contributed by atoms with Gasteiger partial charge in [0.2, 0.25) is 0 Å². The first kappa shape index (κ1) is 18.2. The molecule has 0 spiro atoms. The monoisotopic (exact) mass is 375 g/mol. The number of hydrogen-bond donors (Lipinski definition) is 1. The zero-order valence-corrected chi connectivity index (χ0v) is 16.7. The summed E-state index contributed by atoms with van der Waals surface area (Å²) in [5, 5.41) is 4.15. The molecular weight excluding hydrogens is 350 g/mol. The Morgan fingerprint density at radius 2 is 1.89 bits per heavy atom. The number of hydrogen-bond acceptors (Lipinski definition) is 4. The van der Waals surface area contributed by atoms with Gasteiger partial charge in [0.1, 0.15) is 11.5 Å². The van der Waals surface area contributed by atoms with Crippen LogP contribution in [0.2, 0.25) is 0 Å². The summed E-state index contributed by atoms with van der Waals surface area (Å²) in [4.78, 5) is 13.0. The number of nitrogens with zero attached hydrogens (tertiary/aromatic N) is 4. The molecule has 1 atom stereocenters. The molecule has 4 rings (SSSR count). The minimum absolute atomic E-state index is 0.0473. The minimum Gasteiger partial charge on any atom is -0.359 e. The summed E-state index contributed by atoms with van der Waals surface area (Å²) in [6.45, 7) is 8.33. The number of aryl methyl sites for hydroxylation is 3. The zero-order chi connectivity index (χ0) is 19.7. The standard InChI is InChI=1S/C22H25N5O/c1-5-17-12-18(28-26-17)15(4)27-13-23-21(16-10-8-7-9-11-16)22(27)20-14(3)24-19(6-2)25-20/h7-13,15H,5-6H2,1-4H3,(H,24,25). The Balaban J connectivity index is 1.89. The SMILES string of the molecule is CCc1cc(C(C)n2cnc(-c3ccccc3)c2-c2nc(CC)[nH]c2C)on1. The van der Waals surface area contributed by atoms with Crippen LogP contribution in [0.25, 0.3) is 22.6 Å². The molecule has 4 aromatic rings.